The standard InChI is InChI=1S/C27H25F2N3O2/c1-4-6-24-25(19-10-8-17(2)9-11-19)26(34-27(33)21-7-5-14-30-16-21)32(31-24)18(3)20-12-13-22(28)23(29)15-20/h5,7-16,18H,4,6H2,1-3H3. The second-order valence-electron chi connectivity index (χ2n) is 8.17. The maximum atomic E-state index is 14.0. The van der Waals surface area contributed by atoms with Gasteiger partial charge in [-0.05, 0) is 55.7 Å². The van der Waals surface area contributed by atoms with Crippen molar-refractivity contribution in [3.8, 4) is 17.0 Å². The molecule has 0 aliphatic heterocycles. The highest BCUT2D eigenvalue weighted by atomic mass is 19.2. The van der Waals surface area contributed by atoms with Crippen molar-refractivity contribution in [2.24, 2.45) is 0 Å². The van der Waals surface area contributed by atoms with Crippen LogP contribution in [-0.2, 0) is 6.42 Å². The third-order valence-electron chi connectivity index (χ3n) is 5.65. The van der Waals surface area contributed by atoms with E-state index in [4.69, 9.17) is 9.84 Å². The summed E-state index contributed by atoms with van der Waals surface area (Å²) in [5, 5.41) is 4.78. The Hall–Kier alpha value is -3.87. The SMILES string of the molecule is CCCc1nn(C(C)c2ccc(F)c(F)c2)c(OC(=O)c2cccnc2)c1-c1ccc(C)cc1. The van der Waals surface area contributed by atoms with E-state index in [2.05, 4.69) is 4.98 Å². The van der Waals surface area contributed by atoms with Crippen LogP contribution >= 0.6 is 0 Å². The molecule has 7 heteroatoms. The van der Waals surface area contributed by atoms with Gasteiger partial charge in [-0.3, -0.25) is 4.98 Å². The molecule has 0 aliphatic carbocycles. The van der Waals surface area contributed by atoms with Crippen LogP contribution in [0.15, 0.2) is 67.0 Å². The number of hydrogen-bond donors (Lipinski definition) is 0. The summed E-state index contributed by atoms with van der Waals surface area (Å²) in [6.45, 7) is 5.84. The maximum absolute atomic E-state index is 14.0. The zero-order valence-corrected chi connectivity index (χ0v) is 19.3. The Morgan fingerprint density at radius 3 is 2.50 bits per heavy atom. The van der Waals surface area contributed by atoms with E-state index in [1.165, 1.54) is 12.3 Å². The van der Waals surface area contributed by atoms with Crippen molar-refractivity contribution < 1.29 is 18.3 Å². The van der Waals surface area contributed by atoms with E-state index in [0.717, 1.165) is 35.4 Å². The van der Waals surface area contributed by atoms with E-state index >= 15 is 0 Å². The topological polar surface area (TPSA) is 57.0 Å². The van der Waals surface area contributed by atoms with Gasteiger partial charge in [-0.1, -0.05) is 49.2 Å². The van der Waals surface area contributed by atoms with Crippen molar-refractivity contribution in [2.75, 3.05) is 0 Å². The molecule has 0 saturated carbocycles. The molecule has 4 aromatic rings. The van der Waals surface area contributed by atoms with Crippen LogP contribution in [-0.4, -0.2) is 20.7 Å². The number of carbonyl (C=O) groups excluding carboxylic acids is 1. The number of hydrogen-bond acceptors (Lipinski definition) is 4. The first-order valence-electron chi connectivity index (χ1n) is 11.1. The first kappa shape index (κ1) is 23.3. The van der Waals surface area contributed by atoms with Crippen molar-refractivity contribution in [3.05, 3.63) is 101 Å². The zero-order valence-electron chi connectivity index (χ0n) is 19.3. The number of ether oxygens (including phenoxy) is 1. The van der Waals surface area contributed by atoms with Gasteiger partial charge in [-0.25, -0.2) is 18.3 Å². The van der Waals surface area contributed by atoms with Crippen LogP contribution in [0, 0.1) is 18.6 Å². The van der Waals surface area contributed by atoms with Crippen LogP contribution in [0.3, 0.4) is 0 Å². The Kier molecular flexibility index (Phi) is 6.82. The molecule has 2 heterocycles. The van der Waals surface area contributed by atoms with Gasteiger partial charge in [0.25, 0.3) is 0 Å². The quantitative estimate of drug-likeness (QED) is 0.303. The molecule has 1 atom stereocenters. The number of aryl methyl sites for hydroxylation is 2. The van der Waals surface area contributed by atoms with Crippen LogP contribution in [0.25, 0.3) is 11.1 Å². The second kappa shape index (κ2) is 9.95. The van der Waals surface area contributed by atoms with Gasteiger partial charge in [0.2, 0.25) is 5.88 Å². The molecule has 0 bridgehead atoms. The largest absolute Gasteiger partial charge is 0.403 e. The monoisotopic (exact) mass is 461 g/mol. The number of pyridine rings is 1. The highest BCUT2D eigenvalue weighted by Gasteiger charge is 2.27. The average Bonchev–Trinajstić information content (AvgIpc) is 3.19. The molecule has 34 heavy (non-hydrogen) atoms. The van der Waals surface area contributed by atoms with Crippen LogP contribution in [0.1, 0.15) is 53.5 Å². The summed E-state index contributed by atoms with van der Waals surface area (Å²) < 4.78 is 35.0. The van der Waals surface area contributed by atoms with E-state index in [9.17, 15) is 13.6 Å². The Balaban J connectivity index is 1.88. The second-order valence-corrected chi connectivity index (χ2v) is 8.17. The van der Waals surface area contributed by atoms with Crippen molar-refractivity contribution in [2.45, 2.75) is 39.7 Å². The van der Waals surface area contributed by atoms with Crippen LogP contribution < -0.4 is 4.74 Å². The lowest BCUT2D eigenvalue weighted by Gasteiger charge is -2.17. The summed E-state index contributed by atoms with van der Waals surface area (Å²) >= 11 is 0. The number of halogens is 2. The lowest BCUT2D eigenvalue weighted by Crippen LogP contribution is -2.16. The van der Waals surface area contributed by atoms with E-state index in [1.807, 2.05) is 38.1 Å². The van der Waals surface area contributed by atoms with E-state index in [-0.39, 0.29) is 5.88 Å². The van der Waals surface area contributed by atoms with E-state index in [1.54, 1.807) is 29.9 Å². The van der Waals surface area contributed by atoms with Gasteiger partial charge in [0.15, 0.2) is 11.6 Å². The summed E-state index contributed by atoms with van der Waals surface area (Å²) in [6, 6.07) is 14.3. The first-order valence-corrected chi connectivity index (χ1v) is 11.1. The first-order chi connectivity index (χ1) is 16.4. The molecule has 0 radical (unpaired) electrons. The van der Waals surface area contributed by atoms with E-state index in [0.29, 0.717) is 23.1 Å². The zero-order chi connectivity index (χ0) is 24.2. The van der Waals surface area contributed by atoms with Gasteiger partial charge >= 0.3 is 5.97 Å². The molecule has 0 aliphatic rings. The Morgan fingerprint density at radius 1 is 1.09 bits per heavy atom. The highest BCUT2D eigenvalue weighted by molar-refractivity contribution is 5.91. The molecule has 0 amide bonds. The maximum Gasteiger partial charge on any atom is 0.346 e. The number of esters is 1. The molecule has 0 spiro atoms. The average molecular weight is 462 g/mol. The molecule has 0 saturated heterocycles. The Bertz CT molecular complexity index is 1300. The fourth-order valence-electron chi connectivity index (χ4n) is 3.79. The van der Waals surface area contributed by atoms with Crippen LogP contribution in [0.2, 0.25) is 0 Å². The summed E-state index contributed by atoms with van der Waals surface area (Å²) in [7, 11) is 0. The molecule has 2 aromatic heterocycles. The molecule has 174 valence electrons. The van der Waals surface area contributed by atoms with Gasteiger partial charge in [0.05, 0.1) is 22.9 Å². The third kappa shape index (κ3) is 4.73. The molecule has 5 nitrogen and oxygen atoms in total. The van der Waals surface area contributed by atoms with Gasteiger partial charge in [-0.15, -0.1) is 0 Å². The van der Waals surface area contributed by atoms with Crippen molar-refractivity contribution >= 4 is 5.97 Å². The van der Waals surface area contributed by atoms with Gasteiger partial charge in [-0.2, -0.15) is 5.10 Å². The highest BCUT2D eigenvalue weighted by Crippen LogP contribution is 2.38. The van der Waals surface area contributed by atoms with Gasteiger partial charge in [0.1, 0.15) is 0 Å². The summed E-state index contributed by atoms with van der Waals surface area (Å²) in [4.78, 5) is 17.0. The fraction of sp³-hybridized carbons (Fsp3) is 0.222. The van der Waals surface area contributed by atoms with Gasteiger partial charge in [0, 0.05) is 12.4 Å². The molecule has 2 aromatic carbocycles. The Morgan fingerprint density at radius 2 is 1.85 bits per heavy atom. The number of rotatable bonds is 7. The Labute approximate surface area is 197 Å². The predicted octanol–water partition coefficient (Wildman–Crippen LogP) is 6.31. The predicted molar refractivity (Wildman–Crippen MR) is 126 cm³/mol. The van der Waals surface area contributed by atoms with Crippen molar-refractivity contribution in [1.82, 2.24) is 14.8 Å². The fourth-order valence-corrected chi connectivity index (χ4v) is 3.79. The third-order valence-corrected chi connectivity index (χ3v) is 5.65. The number of aromatic nitrogens is 3. The smallest absolute Gasteiger partial charge is 0.346 e. The minimum Gasteiger partial charge on any atom is -0.403 e. The molecular weight excluding hydrogens is 436 g/mol. The lowest BCUT2D eigenvalue weighted by molar-refractivity contribution is 0.0717. The number of carbonyl (C=O) groups is 1. The summed E-state index contributed by atoms with van der Waals surface area (Å²) in [6.07, 6.45) is 4.48. The molecular formula is C27H25F2N3O2. The summed E-state index contributed by atoms with van der Waals surface area (Å²) in [5.41, 5.74) is 4.20. The number of benzene rings is 2. The van der Waals surface area contributed by atoms with E-state index < -0.39 is 23.6 Å². The van der Waals surface area contributed by atoms with Crippen LogP contribution in [0.4, 0.5) is 8.78 Å². The number of nitrogens with zero attached hydrogens (tertiary/aromatic N) is 3. The lowest BCUT2D eigenvalue weighted by atomic mass is 10.0. The van der Waals surface area contributed by atoms with Gasteiger partial charge < -0.3 is 4.74 Å². The summed E-state index contributed by atoms with van der Waals surface area (Å²) in [5.74, 6) is -2.20. The molecule has 4 rings (SSSR count). The van der Waals surface area contributed by atoms with Crippen molar-refractivity contribution in [1.29, 1.82) is 0 Å². The normalized spacial score (nSPS) is 11.9. The minimum atomic E-state index is -0.946. The molecule has 1 unspecified atom stereocenters. The molecule has 0 fully saturated rings. The molecule has 0 N–H and O–H groups in total. The minimum absolute atomic E-state index is 0.249. The van der Waals surface area contributed by atoms with Crippen molar-refractivity contribution in [3.63, 3.8) is 0 Å². The van der Waals surface area contributed by atoms with Crippen LogP contribution in [0.5, 0.6) is 5.88 Å².